The topological polar surface area (TPSA) is 77.3 Å². The Morgan fingerprint density at radius 2 is 2.11 bits per heavy atom. The third kappa shape index (κ3) is 4.28. The number of rotatable bonds is 5. The zero-order chi connectivity index (χ0) is 19.5. The van der Waals surface area contributed by atoms with Crippen LogP contribution >= 0.6 is 0 Å². The van der Waals surface area contributed by atoms with Crippen molar-refractivity contribution < 1.29 is 9.47 Å². The number of nitrogens with zero attached hydrogens (tertiary/aromatic N) is 5. The Balaban J connectivity index is 1.45. The number of hydrogen-bond acceptors (Lipinski definition) is 7. The van der Waals surface area contributed by atoms with Gasteiger partial charge in [-0.2, -0.15) is 5.10 Å². The van der Waals surface area contributed by atoms with Crippen LogP contribution in [0, 0.1) is 5.92 Å². The van der Waals surface area contributed by atoms with Gasteiger partial charge in [0.15, 0.2) is 0 Å². The van der Waals surface area contributed by atoms with E-state index in [0.29, 0.717) is 12.5 Å². The lowest BCUT2D eigenvalue weighted by Gasteiger charge is -2.36. The molecule has 0 unspecified atom stereocenters. The minimum atomic E-state index is 0.00545. The number of hydrogen-bond donors (Lipinski definition) is 1. The molecule has 0 bridgehead atoms. The average Bonchev–Trinajstić information content (AvgIpc) is 3.15. The van der Waals surface area contributed by atoms with Gasteiger partial charge in [0, 0.05) is 44.6 Å². The van der Waals surface area contributed by atoms with Gasteiger partial charge < -0.3 is 19.7 Å². The zero-order valence-corrected chi connectivity index (χ0v) is 16.9. The van der Waals surface area contributed by atoms with Crippen molar-refractivity contribution in [3.05, 3.63) is 30.4 Å². The molecule has 2 aromatic heterocycles. The van der Waals surface area contributed by atoms with E-state index in [-0.39, 0.29) is 18.2 Å². The van der Waals surface area contributed by atoms with Crippen molar-refractivity contribution >= 4 is 11.6 Å². The van der Waals surface area contributed by atoms with Crippen molar-refractivity contribution in [2.45, 2.75) is 44.9 Å². The van der Waals surface area contributed by atoms with E-state index in [0.717, 1.165) is 49.7 Å². The first-order valence-electron chi connectivity index (χ1n) is 10.2. The summed E-state index contributed by atoms with van der Waals surface area (Å²) in [7, 11) is 1.92. The van der Waals surface area contributed by atoms with E-state index < -0.39 is 0 Å². The molecule has 8 heteroatoms. The van der Waals surface area contributed by atoms with Crippen molar-refractivity contribution in [3.63, 3.8) is 0 Å². The minimum Gasteiger partial charge on any atom is -0.376 e. The molecule has 28 heavy (non-hydrogen) atoms. The molecule has 2 aliphatic rings. The van der Waals surface area contributed by atoms with Crippen LogP contribution in [0.15, 0.2) is 24.8 Å². The van der Waals surface area contributed by atoms with Crippen molar-refractivity contribution in [2.75, 3.05) is 36.5 Å². The van der Waals surface area contributed by atoms with E-state index in [9.17, 15) is 0 Å². The van der Waals surface area contributed by atoms with Crippen molar-refractivity contribution in [1.29, 1.82) is 0 Å². The maximum atomic E-state index is 6.00. The number of ether oxygens (including phenoxy) is 2. The molecule has 2 aromatic rings. The smallest absolute Gasteiger partial charge is 0.134 e. The predicted octanol–water partition coefficient (Wildman–Crippen LogP) is 2.40. The largest absolute Gasteiger partial charge is 0.376 e. The minimum absolute atomic E-state index is 0.00545. The molecule has 1 N–H and O–H groups in total. The molecule has 0 amide bonds. The van der Waals surface area contributed by atoms with E-state index in [1.807, 2.05) is 30.2 Å². The summed E-state index contributed by atoms with van der Waals surface area (Å²) in [5, 5.41) is 7.85. The molecule has 0 spiro atoms. The van der Waals surface area contributed by atoms with Crippen molar-refractivity contribution in [2.24, 2.45) is 13.0 Å². The lowest BCUT2D eigenvalue weighted by molar-refractivity contribution is -0.0203. The maximum Gasteiger partial charge on any atom is 0.134 e. The first-order chi connectivity index (χ1) is 13.6. The third-order valence-electron chi connectivity index (χ3n) is 5.50. The van der Waals surface area contributed by atoms with Crippen LogP contribution in [0.4, 0.5) is 11.6 Å². The molecule has 2 fully saturated rings. The second kappa shape index (κ2) is 8.45. The van der Waals surface area contributed by atoms with Crippen LogP contribution in [0.2, 0.25) is 0 Å². The first-order valence-corrected chi connectivity index (χ1v) is 10.2. The van der Waals surface area contributed by atoms with Crippen LogP contribution in [0.1, 0.15) is 38.4 Å². The van der Waals surface area contributed by atoms with E-state index >= 15 is 0 Å². The summed E-state index contributed by atoms with van der Waals surface area (Å²) >= 11 is 0. The fourth-order valence-corrected chi connectivity index (χ4v) is 4.07. The van der Waals surface area contributed by atoms with Gasteiger partial charge in [-0.1, -0.05) is 13.8 Å². The number of aryl methyl sites for hydroxylation is 1. The zero-order valence-electron chi connectivity index (χ0n) is 16.9. The highest BCUT2D eigenvalue weighted by atomic mass is 16.5. The second-order valence-electron chi connectivity index (χ2n) is 7.99. The highest BCUT2D eigenvalue weighted by Gasteiger charge is 2.29. The highest BCUT2D eigenvalue weighted by Crippen LogP contribution is 2.27. The van der Waals surface area contributed by atoms with Gasteiger partial charge in [0.2, 0.25) is 0 Å². The molecule has 0 aliphatic carbocycles. The SMILES string of the molecule is CC(C)[C@@H]1OCCC[C@@H]1Nc1cc(N2CCO[C@H](c3cnn(C)c3)C2)ncn1. The van der Waals surface area contributed by atoms with Crippen LogP contribution in [0.3, 0.4) is 0 Å². The molecule has 2 aliphatic heterocycles. The van der Waals surface area contributed by atoms with Gasteiger partial charge >= 0.3 is 0 Å². The Bertz CT molecular complexity index is 780. The quantitative estimate of drug-likeness (QED) is 0.845. The van der Waals surface area contributed by atoms with Crippen LogP contribution in [-0.4, -0.2) is 58.2 Å². The van der Waals surface area contributed by atoms with Gasteiger partial charge in [0.05, 0.1) is 24.9 Å². The van der Waals surface area contributed by atoms with E-state index in [4.69, 9.17) is 9.47 Å². The van der Waals surface area contributed by atoms with Crippen LogP contribution in [-0.2, 0) is 16.5 Å². The molecule has 0 radical (unpaired) electrons. The van der Waals surface area contributed by atoms with Gasteiger partial charge in [-0.15, -0.1) is 0 Å². The molecule has 0 saturated carbocycles. The summed E-state index contributed by atoms with van der Waals surface area (Å²) in [5.74, 6) is 2.25. The maximum absolute atomic E-state index is 6.00. The fraction of sp³-hybridized carbons (Fsp3) is 0.650. The van der Waals surface area contributed by atoms with Crippen LogP contribution in [0.25, 0.3) is 0 Å². The summed E-state index contributed by atoms with van der Waals surface area (Å²) in [6.45, 7) is 7.50. The lowest BCUT2D eigenvalue weighted by atomic mass is 9.94. The number of morpholine rings is 1. The molecule has 0 aromatic carbocycles. The van der Waals surface area contributed by atoms with Crippen molar-refractivity contribution in [3.8, 4) is 0 Å². The Kier molecular flexibility index (Phi) is 5.77. The molecular weight excluding hydrogens is 356 g/mol. The van der Waals surface area contributed by atoms with E-state index in [1.165, 1.54) is 0 Å². The van der Waals surface area contributed by atoms with Crippen LogP contribution < -0.4 is 10.2 Å². The van der Waals surface area contributed by atoms with Gasteiger partial charge in [-0.05, 0) is 18.8 Å². The lowest BCUT2D eigenvalue weighted by Crippen LogP contribution is -2.43. The molecule has 4 rings (SSSR count). The normalized spacial score (nSPS) is 25.9. The van der Waals surface area contributed by atoms with Gasteiger partial charge in [0.1, 0.15) is 24.1 Å². The first kappa shape index (κ1) is 19.1. The Hall–Kier alpha value is -2.19. The third-order valence-corrected chi connectivity index (χ3v) is 5.50. The summed E-state index contributed by atoms with van der Waals surface area (Å²) < 4.78 is 13.8. The Labute approximate surface area is 166 Å². The van der Waals surface area contributed by atoms with E-state index in [1.54, 1.807) is 6.33 Å². The summed E-state index contributed by atoms with van der Waals surface area (Å²) in [6.07, 6.45) is 7.92. The predicted molar refractivity (Wildman–Crippen MR) is 107 cm³/mol. The molecule has 3 atom stereocenters. The molecule has 8 nitrogen and oxygen atoms in total. The van der Waals surface area contributed by atoms with Gasteiger partial charge in [0.25, 0.3) is 0 Å². The molecule has 152 valence electrons. The highest BCUT2D eigenvalue weighted by molar-refractivity contribution is 5.49. The molecule has 4 heterocycles. The second-order valence-corrected chi connectivity index (χ2v) is 7.99. The van der Waals surface area contributed by atoms with Gasteiger partial charge in [-0.3, -0.25) is 4.68 Å². The number of nitrogens with one attached hydrogen (secondary N) is 1. The summed E-state index contributed by atoms with van der Waals surface area (Å²) in [4.78, 5) is 11.2. The number of anilines is 2. The van der Waals surface area contributed by atoms with E-state index in [2.05, 4.69) is 39.1 Å². The molecule has 2 saturated heterocycles. The average molecular weight is 387 g/mol. The molecular formula is C20H30N6O2. The Morgan fingerprint density at radius 1 is 1.21 bits per heavy atom. The monoisotopic (exact) mass is 386 g/mol. The van der Waals surface area contributed by atoms with Crippen LogP contribution in [0.5, 0.6) is 0 Å². The standard InChI is InChI=1S/C20H30N6O2/c1-14(2)20-16(5-4-7-28-20)24-18-9-19(22-13-21-18)26-6-8-27-17(12-26)15-10-23-25(3)11-15/h9-11,13-14,16-17,20H,4-8,12H2,1-3H3,(H,21,22,24)/t16-,17-,20-/m0/s1. The van der Waals surface area contributed by atoms with Crippen molar-refractivity contribution in [1.82, 2.24) is 19.7 Å². The Morgan fingerprint density at radius 3 is 2.89 bits per heavy atom. The summed E-state index contributed by atoms with van der Waals surface area (Å²) in [6, 6.07) is 2.32. The summed E-state index contributed by atoms with van der Waals surface area (Å²) in [5.41, 5.74) is 1.10. The van der Waals surface area contributed by atoms with Gasteiger partial charge in [-0.25, -0.2) is 9.97 Å². The number of aromatic nitrogens is 4. The fourth-order valence-electron chi connectivity index (χ4n) is 4.07.